The molecule has 2 aromatic rings. The number of hydrogen-bond donors (Lipinski definition) is 1. The number of fused-ring (bicyclic) bond motifs is 1. The van der Waals surface area contributed by atoms with Crippen LogP contribution in [0.5, 0.6) is 0 Å². The number of carbonyl (C=O) groups is 3. The van der Waals surface area contributed by atoms with Crippen LogP contribution in [0.15, 0.2) is 53.4 Å². The Bertz CT molecular complexity index is 847. The standard InChI is InChI=1S/C20H19NO4S/c1-12-7-9-14(10-8-12)19(23)13(2)25-18(22)11-17-20(24)21-15-5-3-4-6-16(15)26-17/h3-10,13,17H,11H2,1-2H3,(H,21,24)/t13-,17-/m1/s1. The third-order valence-corrected chi connectivity index (χ3v) is 5.35. The number of anilines is 1. The minimum Gasteiger partial charge on any atom is -0.454 e. The van der Waals surface area contributed by atoms with E-state index in [-0.39, 0.29) is 18.1 Å². The maximum Gasteiger partial charge on any atom is 0.308 e. The fourth-order valence-corrected chi connectivity index (χ4v) is 3.72. The van der Waals surface area contributed by atoms with Crippen molar-refractivity contribution >= 4 is 35.1 Å². The second kappa shape index (κ2) is 7.74. The van der Waals surface area contributed by atoms with E-state index in [0.29, 0.717) is 5.56 Å². The number of nitrogens with one attached hydrogen (secondary N) is 1. The zero-order valence-corrected chi connectivity index (χ0v) is 15.3. The van der Waals surface area contributed by atoms with Gasteiger partial charge < -0.3 is 10.1 Å². The first-order valence-electron chi connectivity index (χ1n) is 8.31. The molecule has 2 atom stereocenters. The van der Waals surface area contributed by atoms with Gasteiger partial charge in [0.15, 0.2) is 6.10 Å². The number of para-hydroxylation sites is 1. The van der Waals surface area contributed by atoms with Gasteiger partial charge in [-0.15, -0.1) is 11.8 Å². The van der Waals surface area contributed by atoms with Crippen molar-refractivity contribution in [2.75, 3.05) is 5.32 Å². The van der Waals surface area contributed by atoms with Gasteiger partial charge in [-0.3, -0.25) is 14.4 Å². The van der Waals surface area contributed by atoms with E-state index >= 15 is 0 Å². The molecule has 0 saturated heterocycles. The molecule has 1 aliphatic heterocycles. The lowest BCUT2D eigenvalue weighted by molar-refractivity contribution is -0.147. The Kier molecular flexibility index (Phi) is 5.42. The van der Waals surface area contributed by atoms with Crippen LogP contribution >= 0.6 is 11.8 Å². The van der Waals surface area contributed by atoms with Crippen LogP contribution in [0, 0.1) is 6.92 Å². The SMILES string of the molecule is Cc1ccc(C(=O)[C@@H](C)OC(=O)C[C@H]2Sc3ccccc3NC2=O)cc1. The molecule has 2 aromatic carbocycles. The lowest BCUT2D eigenvalue weighted by atomic mass is 10.1. The van der Waals surface area contributed by atoms with Gasteiger partial charge in [-0.25, -0.2) is 0 Å². The Morgan fingerprint density at radius 1 is 1.15 bits per heavy atom. The molecule has 1 N–H and O–H groups in total. The molecule has 1 heterocycles. The number of ether oxygens (including phenoxy) is 1. The van der Waals surface area contributed by atoms with E-state index in [1.807, 2.05) is 43.3 Å². The molecule has 5 nitrogen and oxygen atoms in total. The van der Waals surface area contributed by atoms with Crippen molar-refractivity contribution in [1.82, 2.24) is 0 Å². The molecule has 3 rings (SSSR count). The van der Waals surface area contributed by atoms with Crippen molar-refractivity contribution in [3.8, 4) is 0 Å². The van der Waals surface area contributed by atoms with E-state index in [1.54, 1.807) is 19.1 Å². The van der Waals surface area contributed by atoms with Gasteiger partial charge in [0.1, 0.15) is 0 Å². The highest BCUT2D eigenvalue weighted by atomic mass is 32.2. The molecular weight excluding hydrogens is 350 g/mol. The van der Waals surface area contributed by atoms with E-state index in [4.69, 9.17) is 4.74 Å². The monoisotopic (exact) mass is 369 g/mol. The van der Waals surface area contributed by atoms with Gasteiger partial charge in [-0.1, -0.05) is 42.0 Å². The third kappa shape index (κ3) is 4.14. The largest absolute Gasteiger partial charge is 0.454 e. The highest BCUT2D eigenvalue weighted by Crippen LogP contribution is 2.36. The molecular formula is C20H19NO4S. The summed E-state index contributed by atoms with van der Waals surface area (Å²) in [5.74, 6) is -1.06. The Labute approximate surface area is 156 Å². The Balaban J connectivity index is 1.59. The van der Waals surface area contributed by atoms with Crippen LogP contribution in [0.4, 0.5) is 5.69 Å². The van der Waals surface area contributed by atoms with Gasteiger partial charge in [0.25, 0.3) is 0 Å². The highest BCUT2D eigenvalue weighted by Gasteiger charge is 2.30. The summed E-state index contributed by atoms with van der Waals surface area (Å²) < 4.78 is 5.25. The van der Waals surface area contributed by atoms with Crippen molar-refractivity contribution in [2.45, 2.75) is 36.5 Å². The van der Waals surface area contributed by atoms with Crippen LogP contribution in [0.25, 0.3) is 0 Å². The summed E-state index contributed by atoms with van der Waals surface area (Å²) >= 11 is 1.33. The average molecular weight is 369 g/mol. The fraction of sp³-hybridized carbons (Fsp3) is 0.250. The molecule has 26 heavy (non-hydrogen) atoms. The number of Topliss-reactive ketones (excluding diaryl/α,β-unsaturated/α-hetero) is 1. The van der Waals surface area contributed by atoms with Gasteiger partial charge in [-0.2, -0.15) is 0 Å². The van der Waals surface area contributed by atoms with Crippen LogP contribution in [-0.4, -0.2) is 29.0 Å². The molecule has 0 saturated carbocycles. The predicted octanol–water partition coefficient (Wildman–Crippen LogP) is 3.61. The third-order valence-electron chi connectivity index (χ3n) is 4.07. The highest BCUT2D eigenvalue weighted by molar-refractivity contribution is 8.01. The number of ketones is 1. The minimum absolute atomic E-state index is 0.0870. The van der Waals surface area contributed by atoms with E-state index in [2.05, 4.69) is 5.32 Å². The molecule has 0 aliphatic carbocycles. The average Bonchev–Trinajstić information content (AvgIpc) is 2.62. The first kappa shape index (κ1) is 18.2. The number of amides is 1. The number of rotatable bonds is 5. The summed E-state index contributed by atoms with van der Waals surface area (Å²) in [6, 6.07) is 14.5. The van der Waals surface area contributed by atoms with Crippen molar-refractivity contribution in [2.24, 2.45) is 0 Å². The first-order valence-corrected chi connectivity index (χ1v) is 9.19. The minimum atomic E-state index is -0.894. The Morgan fingerprint density at radius 2 is 1.85 bits per heavy atom. The summed E-state index contributed by atoms with van der Waals surface area (Å²) in [5, 5.41) is 2.22. The second-order valence-electron chi connectivity index (χ2n) is 6.16. The van der Waals surface area contributed by atoms with Crippen LogP contribution in [-0.2, 0) is 14.3 Å². The number of aryl methyl sites for hydroxylation is 1. The Morgan fingerprint density at radius 3 is 2.58 bits per heavy atom. The molecule has 6 heteroatoms. The number of carbonyl (C=O) groups excluding carboxylic acids is 3. The smallest absolute Gasteiger partial charge is 0.308 e. The fourth-order valence-electron chi connectivity index (χ4n) is 2.63. The van der Waals surface area contributed by atoms with Crippen LogP contribution in [0.2, 0.25) is 0 Å². The van der Waals surface area contributed by atoms with Crippen LogP contribution in [0.1, 0.15) is 29.3 Å². The molecule has 0 unspecified atom stereocenters. The number of esters is 1. The van der Waals surface area contributed by atoms with Gasteiger partial charge in [0, 0.05) is 10.5 Å². The molecule has 0 spiro atoms. The zero-order valence-electron chi connectivity index (χ0n) is 14.5. The maximum atomic E-state index is 12.3. The second-order valence-corrected chi connectivity index (χ2v) is 7.40. The molecule has 1 amide bonds. The zero-order chi connectivity index (χ0) is 18.7. The van der Waals surface area contributed by atoms with E-state index in [1.165, 1.54) is 11.8 Å². The summed E-state index contributed by atoms with van der Waals surface area (Å²) in [6.07, 6.45) is -0.981. The lowest BCUT2D eigenvalue weighted by Crippen LogP contribution is -2.33. The quantitative estimate of drug-likeness (QED) is 0.644. The van der Waals surface area contributed by atoms with Gasteiger partial charge in [0.2, 0.25) is 11.7 Å². The van der Waals surface area contributed by atoms with E-state index in [0.717, 1.165) is 16.1 Å². The molecule has 1 aliphatic rings. The summed E-state index contributed by atoms with van der Waals surface area (Å²) in [6.45, 7) is 3.48. The van der Waals surface area contributed by atoms with Crippen molar-refractivity contribution in [1.29, 1.82) is 0 Å². The normalized spacial score (nSPS) is 17.0. The maximum absolute atomic E-state index is 12.3. The van der Waals surface area contributed by atoms with Gasteiger partial charge in [0.05, 0.1) is 17.4 Å². The summed E-state index contributed by atoms with van der Waals surface area (Å²) in [5.41, 5.74) is 2.29. The predicted molar refractivity (Wildman–Crippen MR) is 100 cm³/mol. The molecule has 0 aromatic heterocycles. The molecule has 134 valence electrons. The van der Waals surface area contributed by atoms with Gasteiger partial charge in [-0.05, 0) is 26.0 Å². The van der Waals surface area contributed by atoms with Crippen molar-refractivity contribution < 1.29 is 19.1 Å². The number of hydrogen-bond acceptors (Lipinski definition) is 5. The van der Waals surface area contributed by atoms with E-state index in [9.17, 15) is 14.4 Å². The topological polar surface area (TPSA) is 72.5 Å². The summed E-state index contributed by atoms with van der Waals surface area (Å²) in [4.78, 5) is 37.6. The van der Waals surface area contributed by atoms with Crippen molar-refractivity contribution in [3.05, 3.63) is 59.7 Å². The molecule has 0 radical (unpaired) electrons. The van der Waals surface area contributed by atoms with Crippen LogP contribution in [0.3, 0.4) is 0 Å². The Hall–Kier alpha value is -2.60. The first-order chi connectivity index (χ1) is 12.4. The van der Waals surface area contributed by atoms with Crippen LogP contribution < -0.4 is 5.32 Å². The molecule has 0 bridgehead atoms. The van der Waals surface area contributed by atoms with Gasteiger partial charge >= 0.3 is 5.97 Å². The number of thioether (sulfide) groups is 1. The lowest BCUT2D eigenvalue weighted by Gasteiger charge is -2.23. The molecule has 0 fully saturated rings. The number of benzene rings is 2. The van der Waals surface area contributed by atoms with Crippen molar-refractivity contribution in [3.63, 3.8) is 0 Å². The van der Waals surface area contributed by atoms with E-state index < -0.39 is 17.3 Å². The summed E-state index contributed by atoms with van der Waals surface area (Å²) in [7, 11) is 0.